The van der Waals surface area contributed by atoms with E-state index in [2.05, 4.69) is 10.2 Å². The molecule has 1 spiro atoms. The highest BCUT2D eigenvalue weighted by atomic mass is 16.4. The summed E-state index contributed by atoms with van der Waals surface area (Å²) in [5.74, 6) is -0.980. The highest BCUT2D eigenvalue weighted by Crippen LogP contribution is 2.43. The molecule has 1 aliphatic heterocycles. The van der Waals surface area contributed by atoms with Crippen LogP contribution in [0.15, 0.2) is 10.7 Å². The molecule has 5 heteroatoms. The lowest BCUT2D eigenvalue weighted by Gasteiger charge is -2.45. The van der Waals surface area contributed by atoms with Gasteiger partial charge in [-0.25, -0.2) is 4.79 Å². The second-order valence-corrected chi connectivity index (χ2v) is 5.45. The number of aromatic carboxylic acids is 1. The molecule has 5 nitrogen and oxygen atoms in total. The second-order valence-electron chi connectivity index (χ2n) is 5.45. The summed E-state index contributed by atoms with van der Waals surface area (Å²) < 4.78 is 5.18. The van der Waals surface area contributed by atoms with Crippen molar-refractivity contribution in [1.82, 2.24) is 0 Å². The van der Waals surface area contributed by atoms with Gasteiger partial charge < -0.3 is 19.7 Å². The lowest BCUT2D eigenvalue weighted by Crippen LogP contribution is -2.52. The van der Waals surface area contributed by atoms with Crippen molar-refractivity contribution >= 4 is 17.3 Å². The fraction of sp³-hybridized carbons (Fsp3) is 0.615. The van der Waals surface area contributed by atoms with Crippen molar-refractivity contribution in [3.8, 4) is 0 Å². The summed E-state index contributed by atoms with van der Waals surface area (Å²) in [4.78, 5) is 13.3. The van der Waals surface area contributed by atoms with Gasteiger partial charge >= 0.3 is 5.97 Å². The Kier molecular flexibility index (Phi) is 2.50. The number of nitrogens with zero attached hydrogens (tertiary/aromatic N) is 1. The van der Waals surface area contributed by atoms with E-state index in [1.165, 1.54) is 25.5 Å². The van der Waals surface area contributed by atoms with Crippen molar-refractivity contribution in [2.75, 3.05) is 23.8 Å². The standard InChI is InChI=1S/C13H18N2O3/c1-15-8-13(5-3-2-4-6-13)14-10-9(15)7-18-11(10)12(16)17/h7,14H,2-6,8H2,1H3,(H,16,17). The van der Waals surface area contributed by atoms with Crippen LogP contribution in [0.2, 0.25) is 0 Å². The molecule has 1 aromatic heterocycles. The molecule has 2 aliphatic rings. The van der Waals surface area contributed by atoms with E-state index >= 15 is 0 Å². The van der Waals surface area contributed by atoms with Crippen molar-refractivity contribution in [3.05, 3.63) is 12.0 Å². The molecule has 1 fully saturated rings. The zero-order valence-electron chi connectivity index (χ0n) is 10.5. The Morgan fingerprint density at radius 2 is 2.17 bits per heavy atom. The van der Waals surface area contributed by atoms with Crippen molar-refractivity contribution in [2.45, 2.75) is 37.6 Å². The van der Waals surface area contributed by atoms with Crippen LogP contribution in [-0.4, -0.2) is 30.2 Å². The summed E-state index contributed by atoms with van der Waals surface area (Å²) in [5, 5.41) is 12.6. The molecule has 98 valence electrons. The molecule has 0 amide bonds. The molecule has 2 N–H and O–H groups in total. The largest absolute Gasteiger partial charge is 0.475 e. The van der Waals surface area contributed by atoms with Crippen molar-refractivity contribution in [1.29, 1.82) is 0 Å². The molecule has 0 aromatic carbocycles. The molecule has 18 heavy (non-hydrogen) atoms. The minimum Gasteiger partial charge on any atom is -0.475 e. The first-order valence-electron chi connectivity index (χ1n) is 6.45. The van der Waals surface area contributed by atoms with E-state index in [0.717, 1.165) is 25.1 Å². The summed E-state index contributed by atoms with van der Waals surface area (Å²) in [6.07, 6.45) is 7.41. The third-order valence-electron chi connectivity index (χ3n) is 4.12. The number of likely N-dealkylation sites (N-methyl/N-ethyl adjacent to an activating group) is 1. The number of anilines is 2. The van der Waals surface area contributed by atoms with E-state index in [9.17, 15) is 4.79 Å². The molecule has 0 bridgehead atoms. The molecular weight excluding hydrogens is 232 g/mol. The van der Waals surface area contributed by atoms with Gasteiger partial charge in [0, 0.05) is 13.6 Å². The quantitative estimate of drug-likeness (QED) is 0.801. The zero-order valence-corrected chi connectivity index (χ0v) is 10.5. The molecule has 0 atom stereocenters. The van der Waals surface area contributed by atoms with Crippen LogP contribution < -0.4 is 10.2 Å². The normalized spacial score (nSPS) is 21.5. The predicted molar refractivity (Wildman–Crippen MR) is 68.4 cm³/mol. The number of carbonyl (C=O) groups is 1. The van der Waals surface area contributed by atoms with E-state index in [1.807, 2.05) is 7.05 Å². The maximum Gasteiger partial charge on any atom is 0.374 e. The lowest BCUT2D eigenvalue weighted by atomic mass is 9.80. The Hall–Kier alpha value is -1.65. The van der Waals surface area contributed by atoms with Crippen molar-refractivity contribution < 1.29 is 14.3 Å². The molecule has 0 unspecified atom stereocenters. The van der Waals surface area contributed by atoms with Crippen LogP contribution in [0.4, 0.5) is 11.4 Å². The maximum absolute atomic E-state index is 11.2. The topological polar surface area (TPSA) is 65.7 Å². The third-order valence-corrected chi connectivity index (χ3v) is 4.12. The van der Waals surface area contributed by atoms with Gasteiger partial charge in [0.2, 0.25) is 5.76 Å². The van der Waals surface area contributed by atoms with Crippen molar-refractivity contribution in [2.24, 2.45) is 0 Å². The molecule has 0 radical (unpaired) electrons. The van der Waals surface area contributed by atoms with Gasteiger partial charge in [0.25, 0.3) is 0 Å². The van der Waals surface area contributed by atoms with Gasteiger partial charge in [0.05, 0.1) is 11.2 Å². The van der Waals surface area contributed by atoms with Crippen LogP contribution in [0.5, 0.6) is 0 Å². The third kappa shape index (κ3) is 1.65. The van der Waals surface area contributed by atoms with Gasteiger partial charge in [0.1, 0.15) is 12.0 Å². The van der Waals surface area contributed by atoms with Gasteiger partial charge in [-0.2, -0.15) is 0 Å². The first-order valence-corrected chi connectivity index (χ1v) is 6.45. The highest BCUT2D eigenvalue weighted by molar-refractivity contribution is 5.96. The Morgan fingerprint density at radius 3 is 2.83 bits per heavy atom. The Labute approximate surface area is 106 Å². The number of hydrogen-bond donors (Lipinski definition) is 2. The highest BCUT2D eigenvalue weighted by Gasteiger charge is 2.40. The second kappa shape index (κ2) is 3.93. The lowest BCUT2D eigenvalue weighted by molar-refractivity contribution is 0.0663. The van der Waals surface area contributed by atoms with Crippen LogP contribution >= 0.6 is 0 Å². The maximum atomic E-state index is 11.2. The number of furan rings is 1. The summed E-state index contributed by atoms with van der Waals surface area (Å²) in [5.41, 5.74) is 1.52. The zero-order chi connectivity index (χ0) is 12.8. The van der Waals surface area contributed by atoms with E-state index in [1.54, 1.807) is 0 Å². The number of carboxylic acid groups (broad SMARTS) is 1. The summed E-state index contributed by atoms with van der Waals surface area (Å²) >= 11 is 0. The monoisotopic (exact) mass is 250 g/mol. The van der Waals surface area contributed by atoms with Crippen LogP contribution in [0.25, 0.3) is 0 Å². The summed E-state index contributed by atoms with van der Waals surface area (Å²) in [7, 11) is 2.00. The van der Waals surface area contributed by atoms with Gasteiger partial charge in [-0.15, -0.1) is 0 Å². The molecule has 1 aromatic rings. The average Bonchev–Trinajstić information content (AvgIpc) is 2.73. The fourth-order valence-corrected chi connectivity index (χ4v) is 3.26. The predicted octanol–water partition coefficient (Wildman–Crippen LogP) is 2.54. The molecule has 1 saturated carbocycles. The Bertz CT molecular complexity index is 475. The van der Waals surface area contributed by atoms with E-state index in [4.69, 9.17) is 9.52 Å². The number of fused-ring (bicyclic) bond motifs is 1. The molecule has 1 aliphatic carbocycles. The molecule has 2 heterocycles. The number of hydrogen-bond acceptors (Lipinski definition) is 4. The van der Waals surface area contributed by atoms with Gasteiger partial charge in [0.15, 0.2) is 0 Å². The smallest absolute Gasteiger partial charge is 0.374 e. The molecule has 3 rings (SSSR count). The van der Waals surface area contributed by atoms with Crippen LogP contribution in [0, 0.1) is 0 Å². The van der Waals surface area contributed by atoms with Gasteiger partial charge in [-0.3, -0.25) is 0 Å². The first-order chi connectivity index (χ1) is 8.61. The summed E-state index contributed by atoms with van der Waals surface area (Å²) in [6.45, 7) is 0.915. The molecule has 0 saturated heterocycles. The number of rotatable bonds is 1. The van der Waals surface area contributed by atoms with Gasteiger partial charge in [-0.1, -0.05) is 19.3 Å². The Morgan fingerprint density at radius 1 is 1.44 bits per heavy atom. The minimum absolute atomic E-state index is 0.0219. The van der Waals surface area contributed by atoms with Crippen LogP contribution in [0.3, 0.4) is 0 Å². The number of carboxylic acids is 1. The number of nitrogens with one attached hydrogen (secondary N) is 1. The fourth-order valence-electron chi connectivity index (χ4n) is 3.26. The van der Waals surface area contributed by atoms with Crippen LogP contribution in [0.1, 0.15) is 42.7 Å². The SMILES string of the molecule is CN1CC2(CCCCC2)Nc2c1coc2C(=O)O. The first kappa shape index (κ1) is 11.4. The van der Waals surface area contributed by atoms with Crippen molar-refractivity contribution in [3.63, 3.8) is 0 Å². The van der Waals surface area contributed by atoms with E-state index in [0.29, 0.717) is 5.69 Å². The Balaban J connectivity index is 1.98. The minimum atomic E-state index is -1.01. The summed E-state index contributed by atoms with van der Waals surface area (Å²) in [6, 6.07) is 0. The van der Waals surface area contributed by atoms with Gasteiger partial charge in [-0.05, 0) is 12.8 Å². The van der Waals surface area contributed by atoms with E-state index in [-0.39, 0.29) is 11.3 Å². The average molecular weight is 250 g/mol. The van der Waals surface area contributed by atoms with E-state index < -0.39 is 5.97 Å². The van der Waals surface area contributed by atoms with Crippen LogP contribution in [-0.2, 0) is 0 Å². The molecular formula is C13H18N2O3.